The van der Waals surface area contributed by atoms with E-state index in [9.17, 15) is 8.42 Å². The second-order valence-electron chi connectivity index (χ2n) is 3.46. The SMILES string of the molecule is CS(=O)(=O)NCc1nnc(-c2ccccc2)s1. The molecule has 0 fully saturated rings. The molecule has 0 spiro atoms. The molecule has 0 saturated carbocycles. The number of hydrogen-bond acceptors (Lipinski definition) is 5. The highest BCUT2D eigenvalue weighted by Crippen LogP contribution is 2.22. The van der Waals surface area contributed by atoms with E-state index in [1.807, 2.05) is 30.3 Å². The Hall–Kier alpha value is -1.31. The highest BCUT2D eigenvalue weighted by Gasteiger charge is 2.08. The fourth-order valence-electron chi connectivity index (χ4n) is 1.22. The van der Waals surface area contributed by atoms with Crippen molar-refractivity contribution in [2.24, 2.45) is 0 Å². The summed E-state index contributed by atoms with van der Waals surface area (Å²) in [7, 11) is -3.19. The van der Waals surface area contributed by atoms with Crippen molar-refractivity contribution in [1.82, 2.24) is 14.9 Å². The lowest BCUT2D eigenvalue weighted by molar-refractivity contribution is 0.587. The second-order valence-corrected chi connectivity index (χ2v) is 6.36. The van der Waals surface area contributed by atoms with E-state index in [1.54, 1.807) is 0 Å². The Morgan fingerprint density at radius 3 is 2.59 bits per heavy atom. The van der Waals surface area contributed by atoms with Gasteiger partial charge < -0.3 is 0 Å². The molecule has 0 atom stereocenters. The molecule has 1 aromatic heterocycles. The summed E-state index contributed by atoms with van der Waals surface area (Å²) in [6, 6.07) is 9.65. The quantitative estimate of drug-likeness (QED) is 0.907. The van der Waals surface area contributed by atoms with Gasteiger partial charge in [0, 0.05) is 5.56 Å². The molecule has 17 heavy (non-hydrogen) atoms. The lowest BCUT2D eigenvalue weighted by Gasteiger charge is -1.96. The molecule has 0 aliphatic carbocycles. The molecule has 5 nitrogen and oxygen atoms in total. The van der Waals surface area contributed by atoms with E-state index in [4.69, 9.17) is 0 Å². The summed E-state index contributed by atoms with van der Waals surface area (Å²) in [4.78, 5) is 0. The lowest BCUT2D eigenvalue weighted by atomic mass is 10.2. The maximum atomic E-state index is 10.9. The largest absolute Gasteiger partial charge is 0.213 e. The maximum absolute atomic E-state index is 10.9. The van der Waals surface area contributed by atoms with E-state index in [0.717, 1.165) is 16.8 Å². The average molecular weight is 269 g/mol. The van der Waals surface area contributed by atoms with E-state index in [2.05, 4.69) is 14.9 Å². The molecular weight excluding hydrogens is 258 g/mol. The van der Waals surface area contributed by atoms with Gasteiger partial charge in [0.05, 0.1) is 12.8 Å². The summed E-state index contributed by atoms with van der Waals surface area (Å²) in [5, 5.41) is 9.39. The Labute approximate surface area is 104 Å². The van der Waals surface area contributed by atoms with E-state index in [0.29, 0.717) is 5.01 Å². The summed E-state index contributed by atoms with van der Waals surface area (Å²) in [5.74, 6) is 0. The third-order valence-electron chi connectivity index (χ3n) is 1.97. The van der Waals surface area contributed by atoms with Crippen LogP contribution in [0.25, 0.3) is 10.6 Å². The smallest absolute Gasteiger partial charge is 0.209 e. The predicted octanol–water partition coefficient (Wildman–Crippen LogP) is 1.25. The molecule has 1 heterocycles. The number of rotatable bonds is 4. The van der Waals surface area contributed by atoms with Gasteiger partial charge >= 0.3 is 0 Å². The number of hydrogen-bond donors (Lipinski definition) is 1. The highest BCUT2D eigenvalue weighted by atomic mass is 32.2. The van der Waals surface area contributed by atoms with Crippen LogP contribution in [-0.2, 0) is 16.6 Å². The van der Waals surface area contributed by atoms with Gasteiger partial charge in [-0.15, -0.1) is 10.2 Å². The third-order valence-corrected chi connectivity index (χ3v) is 3.61. The number of nitrogens with one attached hydrogen (secondary N) is 1. The number of nitrogens with zero attached hydrogens (tertiary/aromatic N) is 2. The monoisotopic (exact) mass is 269 g/mol. The molecule has 0 aliphatic heterocycles. The van der Waals surface area contributed by atoms with Crippen LogP contribution in [0.15, 0.2) is 30.3 Å². The van der Waals surface area contributed by atoms with Crippen LogP contribution < -0.4 is 4.72 Å². The molecule has 1 aromatic carbocycles. The van der Waals surface area contributed by atoms with Crippen molar-refractivity contribution in [1.29, 1.82) is 0 Å². The van der Waals surface area contributed by atoms with Crippen LogP contribution in [0.3, 0.4) is 0 Å². The number of sulfonamides is 1. The molecule has 0 aliphatic rings. The highest BCUT2D eigenvalue weighted by molar-refractivity contribution is 7.88. The molecule has 1 N–H and O–H groups in total. The van der Waals surface area contributed by atoms with Crippen molar-refractivity contribution in [2.75, 3.05) is 6.26 Å². The van der Waals surface area contributed by atoms with Crippen molar-refractivity contribution in [3.63, 3.8) is 0 Å². The Kier molecular flexibility index (Phi) is 3.51. The number of aromatic nitrogens is 2. The number of benzene rings is 1. The standard InChI is InChI=1S/C10H11N3O2S2/c1-17(14,15)11-7-9-12-13-10(16-9)8-5-3-2-4-6-8/h2-6,11H,7H2,1H3. The molecule has 2 aromatic rings. The van der Waals surface area contributed by atoms with Crippen LogP contribution in [0.1, 0.15) is 5.01 Å². The predicted molar refractivity (Wildman–Crippen MR) is 67.0 cm³/mol. The summed E-state index contributed by atoms with van der Waals surface area (Å²) in [6.45, 7) is 0.184. The van der Waals surface area contributed by atoms with Crippen LogP contribution in [0, 0.1) is 0 Å². The zero-order chi connectivity index (χ0) is 12.3. The van der Waals surface area contributed by atoms with Crippen LogP contribution >= 0.6 is 11.3 Å². The summed E-state index contributed by atoms with van der Waals surface area (Å²) < 4.78 is 24.2. The van der Waals surface area contributed by atoms with Gasteiger partial charge in [0.2, 0.25) is 10.0 Å². The zero-order valence-electron chi connectivity index (χ0n) is 9.12. The summed E-state index contributed by atoms with van der Waals surface area (Å²) >= 11 is 1.38. The minimum absolute atomic E-state index is 0.184. The molecule has 0 radical (unpaired) electrons. The Bertz CT molecular complexity index is 593. The van der Waals surface area contributed by atoms with Gasteiger partial charge in [-0.2, -0.15) is 0 Å². The van der Waals surface area contributed by atoms with Gasteiger partial charge in [0.15, 0.2) is 0 Å². The van der Waals surface area contributed by atoms with Crippen molar-refractivity contribution in [2.45, 2.75) is 6.54 Å². The van der Waals surface area contributed by atoms with Crippen LogP contribution in [0.4, 0.5) is 0 Å². The first-order valence-corrected chi connectivity index (χ1v) is 7.58. The molecule has 0 unspecified atom stereocenters. The van der Waals surface area contributed by atoms with Crippen molar-refractivity contribution in [3.8, 4) is 10.6 Å². The molecule has 2 rings (SSSR count). The summed E-state index contributed by atoms with van der Waals surface area (Å²) in [5.41, 5.74) is 0.982. The van der Waals surface area contributed by atoms with Crippen molar-refractivity contribution >= 4 is 21.4 Å². The molecule has 7 heteroatoms. The van der Waals surface area contributed by atoms with E-state index in [1.165, 1.54) is 11.3 Å². The van der Waals surface area contributed by atoms with Gasteiger partial charge in [-0.3, -0.25) is 0 Å². The Balaban J connectivity index is 2.12. The lowest BCUT2D eigenvalue weighted by Crippen LogP contribution is -2.21. The minimum Gasteiger partial charge on any atom is -0.213 e. The van der Waals surface area contributed by atoms with Crippen LogP contribution in [-0.4, -0.2) is 24.9 Å². The van der Waals surface area contributed by atoms with Gasteiger partial charge in [0.1, 0.15) is 10.0 Å². The fraction of sp³-hybridized carbons (Fsp3) is 0.200. The van der Waals surface area contributed by atoms with E-state index in [-0.39, 0.29) is 6.54 Å². The fourth-order valence-corrected chi connectivity index (χ4v) is 2.49. The maximum Gasteiger partial charge on any atom is 0.209 e. The average Bonchev–Trinajstić information content (AvgIpc) is 2.75. The van der Waals surface area contributed by atoms with Crippen molar-refractivity contribution < 1.29 is 8.42 Å². The van der Waals surface area contributed by atoms with Gasteiger partial charge in [0.25, 0.3) is 0 Å². The van der Waals surface area contributed by atoms with Gasteiger partial charge in [-0.1, -0.05) is 41.7 Å². The molecule has 0 amide bonds. The topological polar surface area (TPSA) is 72.0 Å². The first-order valence-electron chi connectivity index (χ1n) is 4.87. The molecule has 0 saturated heterocycles. The van der Waals surface area contributed by atoms with Crippen LogP contribution in [0.2, 0.25) is 0 Å². The normalized spacial score (nSPS) is 11.6. The van der Waals surface area contributed by atoms with Crippen LogP contribution in [0.5, 0.6) is 0 Å². The molecular formula is C10H11N3O2S2. The summed E-state index contributed by atoms with van der Waals surface area (Å²) in [6.07, 6.45) is 1.12. The van der Waals surface area contributed by atoms with E-state index < -0.39 is 10.0 Å². The van der Waals surface area contributed by atoms with Crippen molar-refractivity contribution in [3.05, 3.63) is 35.3 Å². The van der Waals surface area contributed by atoms with E-state index >= 15 is 0 Å². The first kappa shape index (κ1) is 12.2. The first-order chi connectivity index (χ1) is 8.04. The van der Waals surface area contributed by atoms with Gasteiger partial charge in [-0.25, -0.2) is 13.1 Å². The Morgan fingerprint density at radius 2 is 1.94 bits per heavy atom. The second kappa shape index (κ2) is 4.91. The molecule has 0 bridgehead atoms. The zero-order valence-corrected chi connectivity index (χ0v) is 10.8. The minimum atomic E-state index is -3.19. The molecule has 90 valence electrons. The van der Waals surface area contributed by atoms with Gasteiger partial charge in [-0.05, 0) is 0 Å². The third kappa shape index (κ3) is 3.58. The Morgan fingerprint density at radius 1 is 1.24 bits per heavy atom.